The second kappa shape index (κ2) is 6.70. The summed E-state index contributed by atoms with van der Waals surface area (Å²) in [6.07, 6.45) is -0.845. The summed E-state index contributed by atoms with van der Waals surface area (Å²) in [5.41, 5.74) is 1.78. The number of nitriles is 1. The van der Waals surface area contributed by atoms with Crippen LogP contribution in [0.5, 0.6) is 5.75 Å². The fourth-order valence-corrected chi connectivity index (χ4v) is 1.95. The van der Waals surface area contributed by atoms with Crippen LogP contribution in [0.1, 0.15) is 22.8 Å². The van der Waals surface area contributed by atoms with Crippen LogP contribution in [-0.4, -0.2) is 16.6 Å². The van der Waals surface area contributed by atoms with E-state index in [4.69, 9.17) is 10.00 Å². The fraction of sp³-hybridized carbons (Fsp3) is 0.188. The smallest absolute Gasteiger partial charge is 0.269 e. The van der Waals surface area contributed by atoms with Crippen molar-refractivity contribution in [3.63, 3.8) is 0 Å². The highest BCUT2D eigenvalue weighted by atomic mass is 16.6. The van der Waals surface area contributed by atoms with Gasteiger partial charge in [-0.15, -0.1) is 0 Å². The Bertz CT molecular complexity index is 720. The molecule has 0 amide bonds. The van der Waals surface area contributed by atoms with E-state index in [2.05, 4.69) is 0 Å². The number of hydrogen-bond donors (Lipinski definition) is 1. The number of nitro benzene ring substituents is 1. The highest BCUT2D eigenvalue weighted by Crippen LogP contribution is 2.24. The van der Waals surface area contributed by atoms with Gasteiger partial charge in [0, 0.05) is 12.1 Å². The topological polar surface area (TPSA) is 96.4 Å². The number of non-ortho nitro benzene ring substituents is 1. The van der Waals surface area contributed by atoms with Gasteiger partial charge in [0.15, 0.2) is 0 Å². The summed E-state index contributed by atoms with van der Waals surface area (Å²) in [7, 11) is 0. The predicted octanol–water partition coefficient (Wildman–Crippen LogP) is 2.89. The van der Waals surface area contributed by atoms with Gasteiger partial charge in [0.2, 0.25) is 0 Å². The summed E-state index contributed by atoms with van der Waals surface area (Å²) >= 11 is 0. The molecule has 0 aromatic heterocycles. The predicted molar refractivity (Wildman–Crippen MR) is 79.4 cm³/mol. The lowest BCUT2D eigenvalue weighted by Crippen LogP contribution is -2.10. The minimum absolute atomic E-state index is 0.00232. The van der Waals surface area contributed by atoms with Crippen molar-refractivity contribution in [2.75, 3.05) is 6.61 Å². The first-order chi connectivity index (χ1) is 10.5. The first-order valence-electron chi connectivity index (χ1n) is 6.57. The molecule has 2 aromatic carbocycles. The number of nitrogens with zero attached hydrogens (tertiary/aromatic N) is 2. The molecule has 1 atom stereocenters. The van der Waals surface area contributed by atoms with E-state index in [9.17, 15) is 15.2 Å². The standard InChI is InChI=1S/C16H14N2O4/c1-11-8-14(18(20)21)6-7-16(11)22-10-15(19)13-4-2-12(9-17)3-5-13/h2-8,15,19H,10H2,1H3. The molecular formula is C16H14N2O4. The first kappa shape index (κ1) is 15.5. The van der Waals surface area contributed by atoms with Crippen LogP contribution in [0.15, 0.2) is 42.5 Å². The zero-order chi connectivity index (χ0) is 16.1. The first-order valence-corrected chi connectivity index (χ1v) is 6.57. The van der Waals surface area contributed by atoms with Crippen LogP contribution in [0, 0.1) is 28.4 Å². The van der Waals surface area contributed by atoms with Gasteiger partial charge in [-0.1, -0.05) is 12.1 Å². The maximum atomic E-state index is 10.7. The van der Waals surface area contributed by atoms with Crippen molar-refractivity contribution < 1.29 is 14.8 Å². The molecule has 0 saturated heterocycles. The van der Waals surface area contributed by atoms with Gasteiger partial charge < -0.3 is 9.84 Å². The van der Waals surface area contributed by atoms with E-state index in [1.807, 2.05) is 6.07 Å². The number of rotatable bonds is 5. The molecule has 0 saturated carbocycles. The number of hydrogen-bond acceptors (Lipinski definition) is 5. The van der Waals surface area contributed by atoms with Gasteiger partial charge >= 0.3 is 0 Å². The lowest BCUT2D eigenvalue weighted by atomic mass is 10.1. The molecule has 2 rings (SSSR count). The average molecular weight is 298 g/mol. The van der Waals surface area contributed by atoms with E-state index in [1.54, 1.807) is 31.2 Å². The molecule has 0 heterocycles. The molecule has 1 N–H and O–H groups in total. The summed E-state index contributed by atoms with van der Waals surface area (Å²) in [4.78, 5) is 10.2. The molecule has 0 radical (unpaired) electrons. The lowest BCUT2D eigenvalue weighted by molar-refractivity contribution is -0.384. The van der Waals surface area contributed by atoms with Gasteiger partial charge in [-0.2, -0.15) is 5.26 Å². The van der Waals surface area contributed by atoms with Crippen LogP contribution < -0.4 is 4.74 Å². The van der Waals surface area contributed by atoms with Gasteiger partial charge in [0.05, 0.1) is 16.6 Å². The summed E-state index contributed by atoms with van der Waals surface area (Å²) < 4.78 is 5.51. The second-order valence-corrected chi connectivity index (χ2v) is 4.77. The van der Waals surface area contributed by atoms with Crippen LogP contribution in [0.2, 0.25) is 0 Å². The quantitative estimate of drug-likeness (QED) is 0.676. The monoisotopic (exact) mass is 298 g/mol. The maximum Gasteiger partial charge on any atom is 0.269 e. The number of aliphatic hydroxyl groups excluding tert-OH is 1. The van der Waals surface area contributed by atoms with Crippen molar-refractivity contribution in [3.8, 4) is 11.8 Å². The van der Waals surface area contributed by atoms with Crippen molar-refractivity contribution in [1.82, 2.24) is 0 Å². The Morgan fingerprint density at radius 1 is 1.32 bits per heavy atom. The molecule has 0 bridgehead atoms. The molecule has 1 unspecified atom stereocenters. The lowest BCUT2D eigenvalue weighted by Gasteiger charge is -2.14. The fourth-order valence-electron chi connectivity index (χ4n) is 1.95. The van der Waals surface area contributed by atoms with E-state index in [0.29, 0.717) is 22.4 Å². The Morgan fingerprint density at radius 2 is 2.00 bits per heavy atom. The SMILES string of the molecule is Cc1cc([N+](=O)[O-])ccc1OCC(O)c1ccc(C#N)cc1. The van der Waals surface area contributed by atoms with E-state index < -0.39 is 11.0 Å². The Kier molecular flexibility index (Phi) is 4.71. The van der Waals surface area contributed by atoms with Crippen LogP contribution in [0.25, 0.3) is 0 Å². The number of aliphatic hydroxyl groups is 1. The largest absolute Gasteiger partial charge is 0.490 e. The molecule has 0 fully saturated rings. The summed E-state index contributed by atoms with van der Waals surface area (Å²) in [5, 5.41) is 29.5. The third-order valence-corrected chi connectivity index (χ3v) is 3.19. The highest BCUT2D eigenvalue weighted by Gasteiger charge is 2.12. The normalized spacial score (nSPS) is 11.5. The van der Waals surface area contributed by atoms with Gasteiger partial charge in [0.1, 0.15) is 18.5 Å². The highest BCUT2D eigenvalue weighted by molar-refractivity contribution is 5.43. The van der Waals surface area contributed by atoms with Crippen molar-refractivity contribution in [2.45, 2.75) is 13.0 Å². The minimum Gasteiger partial charge on any atom is -0.490 e. The zero-order valence-electron chi connectivity index (χ0n) is 11.9. The molecule has 0 aliphatic rings. The molecule has 2 aromatic rings. The zero-order valence-corrected chi connectivity index (χ0v) is 11.9. The van der Waals surface area contributed by atoms with Gasteiger partial charge in [-0.05, 0) is 36.2 Å². The number of benzene rings is 2. The Morgan fingerprint density at radius 3 is 2.55 bits per heavy atom. The van der Waals surface area contributed by atoms with Gasteiger partial charge in [-0.25, -0.2) is 0 Å². The van der Waals surface area contributed by atoms with Crippen molar-refractivity contribution in [2.24, 2.45) is 0 Å². The molecule has 0 aliphatic carbocycles. The average Bonchev–Trinajstić information content (AvgIpc) is 2.53. The second-order valence-electron chi connectivity index (χ2n) is 4.77. The maximum absolute atomic E-state index is 10.7. The Labute approximate surface area is 127 Å². The molecular weight excluding hydrogens is 284 g/mol. The van der Waals surface area contributed by atoms with E-state index in [0.717, 1.165) is 0 Å². The van der Waals surface area contributed by atoms with Crippen molar-refractivity contribution >= 4 is 5.69 Å². The molecule has 6 heteroatoms. The third kappa shape index (κ3) is 3.59. The minimum atomic E-state index is -0.845. The van der Waals surface area contributed by atoms with Crippen molar-refractivity contribution in [1.29, 1.82) is 5.26 Å². The molecule has 0 aliphatic heterocycles. The molecule has 6 nitrogen and oxygen atoms in total. The molecule has 0 spiro atoms. The van der Waals surface area contributed by atoms with Crippen LogP contribution in [-0.2, 0) is 0 Å². The van der Waals surface area contributed by atoms with Gasteiger partial charge in [0.25, 0.3) is 5.69 Å². The Balaban J connectivity index is 2.03. The molecule has 112 valence electrons. The molecule has 22 heavy (non-hydrogen) atoms. The van der Waals surface area contributed by atoms with Gasteiger partial charge in [-0.3, -0.25) is 10.1 Å². The Hall–Kier alpha value is -2.91. The van der Waals surface area contributed by atoms with E-state index in [-0.39, 0.29) is 12.3 Å². The summed E-state index contributed by atoms with van der Waals surface area (Å²) in [5.74, 6) is 0.485. The van der Waals surface area contributed by atoms with Crippen LogP contribution >= 0.6 is 0 Å². The summed E-state index contributed by atoms with van der Waals surface area (Å²) in [6.45, 7) is 1.72. The summed E-state index contributed by atoms with van der Waals surface area (Å²) in [6, 6.07) is 12.9. The number of aryl methyl sites for hydroxylation is 1. The number of nitro groups is 1. The van der Waals surface area contributed by atoms with E-state index >= 15 is 0 Å². The van der Waals surface area contributed by atoms with Crippen LogP contribution in [0.4, 0.5) is 5.69 Å². The third-order valence-electron chi connectivity index (χ3n) is 3.19. The van der Waals surface area contributed by atoms with E-state index in [1.165, 1.54) is 18.2 Å². The van der Waals surface area contributed by atoms with Crippen molar-refractivity contribution in [3.05, 3.63) is 69.3 Å². The van der Waals surface area contributed by atoms with Crippen LogP contribution in [0.3, 0.4) is 0 Å². The number of ether oxygens (including phenoxy) is 1.